The van der Waals surface area contributed by atoms with Crippen molar-refractivity contribution in [2.75, 3.05) is 39.6 Å². The summed E-state index contributed by atoms with van der Waals surface area (Å²) in [5, 5.41) is 194. The number of allylic oxidation sites excluding steroid dienone is 1. The number of unbranched alkanes of at least 4 members (excludes halogenated alkanes) is 11. The Morgan fingerprint density at radius 3 is 1.73 bits per heavy atom. The first-order valence-corrected chi connectivity index (χ1v) is 31.0. The van der Waals surface area contributed by atoms with Crippen molar-refractivity contribution < 1.29 is 153 Å². The summed E-state index contributed by atoms with van der Waals surface area (Å²) in [4.78, 5) is 51.2. The highest BCUT2D eigenvalue weighted by Crippen LogP contribution is 2.42. The molecule has 528 valence electrons. The number of aliphatic carboxylic acids is 1. The fraction of sp³-hybridized carbons (Fsp3) is 0.895. The van der Waals surface area contributed by atoms with Gasteiger partial charge in [0.05, 0.1) is 63.9 Å². The maximum Gasteiger partial charge on any atom is 0.364 e. The molecule has 20 N–H and O–H groups in total. The van der Waals surface area contributed by atoms with Gasteiger partial charge in [0, 0.05) is 33.6 Å². The Morgan fingerprint density at radius 2 is 1.16 bits per heavy atom. The van der Waals surface area contributed by atoms with Crippen LogP contribution >= 0.6 is 0 Å². The lowest BCUT2D eigenvalue weighted by molar-refractivity contribution is -0.407. The van der Waals surface area contributed by atoms with E-state index in [1.807, 2.05) is 0 Å². The summed E-state index contributed by atoms with van der Waals surface area (Å²) < 4.78 is 59.1. The van der Waals surface area contributed by atoms with Crippen molar-refractivity contribution in [3.63, 3.8) is 0 Å². The fourth-order valence-corrected chi connectivity index (χ4v) is 11.7. The van der Waals surface area contributed by atoms with Gasteiger partial charge in [-0.25, -0.2) is 4.79 Å². The number of carbonyl (C=O) groups excluding carboxylic acids is 3. The van der Waals surface area contributed by atoms with E-state index in [2.05, 4.69) is 22.9 Å². The Bertz CT molecular complexity index is 2230. The zero-order chi connectivity index (χ0) is 67.5. The fourth-order valence-electron chi connectivity index (χ4n) is 11.7. The molecule has 5 aliphatic rings. The second-order valence-electron chi connectivity index (χ2n) is 23.8. The van der Waals surface area contributed by atoms with Crippen LogP contribution in [0.5, 0.6) is 0 Å². The van der Waals surface area contributed by atoms with Crippen molar-refractivity contribution in [2.45, 2.75) is 282 Å². The number of aliphatic hydroxyl groups excluding tert-OH is 16. The molecule has 0 radical (unpaired) electrons. The maximum absolute atomic E-state index is 13.7. The Hall–Kier alpha value is -3.42. The zero-order valence-electron chi connectivity index (χ0n) is 51.5. The SMILES string of the molecule is CCCCCCCCCCCCC/C=C/[C@H](O)[C@H](COC1OC(CO)C(OC2OC(CO)C(OC3CC(NC(C)=O)(OC4OC(CO)C(O)C(O)C4O)C(O)C(CO)O3)C(OC3(C(=O)O)CC(O)C(NC(C)=O)C([C@H](O)[C@H](O)CO)O3)C2O)C(O)C1O)NC(C)=O. The minimum absolute atomic E-state index is 0.538. The van der Waals surface area contributed by atoms with Crippen molar-refractivity contribution in [3.05, 3.63) is 12.2 Å². The summed E-state index contributed by atoms with van der Waals surface area (Å²) in [6, 6.07) is -2.89. The number of amides is 3. The third-order valence-corrected chi connectivity index (χ3v) is 16.6. The van der Waals surface area contributed by atoms with Crippen molar-refractivity contribution in [3.8, 4) is 0 Å². The third kappa shape index (κ3) is 20.8. The molecular formula is C57H99N3O31. The molecule has 0 aromatic carbocycles. The molecule has 27 atom stereocenters. The van der Waals surface area contributed by atoms with Crippen LogP contribution in [0.4, 0.5) is 0 Å². The van der Waals surface area contributed by atoms with Gasteiger partial charge in [0.2, 0.25) is 17.7 Å². The van der Waals surface area contributed by atoms with Crippen molar-refractivity contribution in [1.29, 1.82) is 0 Å². The predicted molar refractivity (Wildman–Crippen MR) is 304 cm³/mol. The highest BCUT2D eigenvalue weighted by Gasteiger charge is 2.63. The van der Waals surface area contributed by atoms with Crippen LogP contribution in [0.2, 0.25) is 0 Å². The number of carbonyl (C=O) groups is 4. The van der Waals surface area contributed by atoms with Crippen LogP contribution in [0.25, 0.3) is 0 Å². The number of hydrogen-bond donors (Lipinski definition) is 20. The third-order valence-electron chi connectivity index (χ3n) is 16.6. The van der Waals surface area contributed by atoms with Crippen LogP contribution < -0.4 is 16.0 Å². The smallest absolute Gasteiger partial charge is 0.364 e. The van der Waals surface area contributed by atoms with Gasteiger partial charge in [0.15, 0.2) is 30.9 Å². The lowest BCUT2D eigenvalue weighted by atomic mass is 9.88. The van der Waals surface area contributed by atoms with Gasteiger partial charge in [-0.3, -0.25) is 14.4 Å². The molecule has 3 amide bonds. The number of aliphatic hydroxyl groups is 16. The number of ether oxygens (including phenoxy) is 10. The molecule has 5 rings (SSSR count). The second kappa shape index (κ2) is 37.2. The number of hydrogen-bond acceptors (Lipinski definition) is 30. The van der Waals surface area contributed by atoms with Crippen LogP contribution in [0, 0.1) is 0 Å². The molecule has 0 aromatic rings. The van der Waals surface area contributed by atoms with E-state index in [9.17, 15) is 106 Å². The van der Waals surface area contributed by atoms with Gasteiger partial charge in [-0.15, -0.1) is 0 Å². The summed E-state index contributed by atoms with van der Waals surface area (Å²) in [5.74, 6) is -7.92. The van der Waals surface area contributed by atoms with Gasteiger partial charge in [0.1, 0.15) is 104 Å². The van der Waals surface area contributed by atoms with Crippen LogP contribution in [0.15, 0.2) is 12.2 Å². The van der Waals surface area contributed by atoms with Crippen LogP contribution in [-0.2, 0) is 66.5 Å². The summed E-state index contributed by atoms with van der Waals surface area (Å²) in [6.45, 7) is -0.830. The number of carboxylic acid groups (broad SMARTS) is 1. The van der Waals surface area contributed by atoms with Crippen molar-refractivity contribution in [2.24, 2.45) is 0 Å². The van der Waals surface area contributed by atoms with E-state index in [4.69, 9.17) is 47.4 Å². The van der Waals surface area contributed by atoms with Gasteiger partial charge < -0.3 is 150 Å². The minimum atomic E-state index is -3.36. The largest absolute Gasteiger partial charge is 0.477 e. The van der Waals surface area contributed by atoms with E-state index in [1.165, 1.54) is 57.9 Å². The molecule has 0 aliphatic carbocycles. The molecule has 34 nitrogen and oxygen atoms in total. The molecule has 23 unspecified atom stereocenters. The Balaban J connectivity index is 1.44. The highest BCUT2D eigenvalue weighted by molar-refractivity contribution is 5.77. The molecule has 0 saturated carbocycles. The number of rotatable bonds is 36. The standard InChI is InChI=1S/C57H99N3O31/c1-5-6-7-8-9-10-11-12-13-14-15-16-17-18-31(69)30(58-27(2)66)26-82-52-45(77)43(75)47(35(23-63)85-52)88-53-46(78)50(90-57(55(80)81)19-32(70)39(59-28(3)67)49(89-57)40(72)33(71)21-61)48(36(24-64)86-53)87-38-20-56(60-29(4)68,51(79)37(25-65)83-38)91-54-44(76)42(74)41(73)34(22-62)84-54/h17-18,30-54,61-65,69-79H,5-16,19-26H2,1-4H3,(H,58,66)(H,59,67)(H,60,68)(H,80,81)/b18-17+/t30-,31-,32?,33+,34?,35?,36?,37?,38?,39?,40+,41?,42?,43?,44?,45?,46?,47?,48?,49?,50?,51?,52?,53?,54?,56?,57?/m0/s1. The average Bonchev–Trinajstić information content (AvgIpc) is 0.768. The zero-order valence-corrected chi connectivity index (χ0v) is 51.5. The van der Waals surface area contributed by atoms with Crippen molar-refractivity contribution >= 4 is 23.7 Å². The average molecular weight is 1320 g/mol. The normalized spacial score (nSPS) is 38.6. The molecule has 91 heavy (non-hydrogen) atoms. The molecular weight excluding hydrogens is 1220 g/mol. The summed E-state index contributed by atoms with van der Waals surface area (Å²) in [5.41, 5.74) is -2.65. The highest BCUT2D eigenvalue weighted by atomic mass is 16.8. The van der Waals surface area contributed by atoms with Gasteiger partial charge in [0.25, 0.3) is 5.79 Å². The summed E-state index contributed by atoms with van der Waals surface area (Å²) in [6.07, 6.45) is -33.2. The van der Waals surface area contributed by atoms with Gasteiger partial charge in [-0.2, -0.15) is 0 Å². The molecule has 5 saturated heterocycles. The molecule has 34 heteroatoms. The van der Waals surface area contributed by atoms with Gasteiger partial charge in [-0.1, -0.05) is 83.3 Å². The molecule has 0 aromatic heterocycles. The molecule has 0 bridgehead atoms. The topological polar surface area (TPSA) is 541 Å². The predicted octanol–water partition coefficient (Wildman–Crippen LogP) is -6.93. The lowest BCUT2D eigenvalue weighted by Gasteiger charge is -2.53. The maximum atomic E-state index is 13.7. The second-order valence-corrected chi connectivity index (χ2v) is 23.8. The van der Waals surface area contributed by atoms with E-state index >= 15 is 0 Å². The molecule has 5 heterocycles. The van der Waals surface area contributed by atoms with Crippen LogP contribution in [0.3, 0.4) is 0 Å². The summed E-state index contributed by atoms with van der Waals surface area (Å²) >= 11 is 0. The number of carboxylic acids is 1. The molecule has 5 aliphatic heterocycles. The molecule has 0 spiro atoms. The van der Waals surface area contributed by atoms with E-state index in [0.717, 1.165) is 39.5 Å². The quantitative estimate of drug-likeness (QED) is 0.0157. The molecule has 5 fully saturated rings. The summed E-state index contributed by atoms with van der Waals surface area (Å²) in [7, 11) is 0. The monoisotopic (exact) mass is 1320 g/mol. The minimum Gasteiger partial charge on any atom is -0.477 e. The van der Waals surface area contributed by atoms with Gasteiger partial charge in [-0.05, 0) is 12.8 Å². The lowest BCUT2D eigenvalue weighted by Crippen LogP contribution is -2.72. The van der Waals surface area contributed by atoms with E-state index in [0.29, 0.717) is 6.42 Å². The Labute approximate surface area is 525 Å². The van der Waals surface area contributed by atoms with Gasteiger partial charge >= 0.3 is 5.97 Å². The van der Waals surface area contributed by atoms with Crippen LogP contribution in [-0.4, -0.2) is 315 Å². The number of nitrogens with one attached hydrogen (secondary N) is 3. The first-order valence-electron chi connectivity index (χ1n) is 31.0. The van der Waals surface area contributed by atoms with E-state index < -0.39 is 241 Å². The Kier molecular flexibility index (Phi) is 32.0. The first kappa shape index (κ1) is 78.3. The Morgan fingerprint density at radius 1 is 0.593 bits per heavy atom. The van der Waals surface area contributed by atoms with E-state index in [-0.39, 0.29) is 0 Å². The van der Waals surface area contributed by atoms with Crippen molar-refractivity contribution in [1.82, 2.24) is 16.0 Å². The first-order chi connectivity index (χ1) is 43.2. The van der Waals surface area contributed by atoms with E-state index in [1.54, 1.807) is 6.08 Å². The van der Waals surface area contributed by atoms with Crippen LogP contribution in [0.1, 0.15) is 118 Å².